The molecule has 1 saturated heterocycles. The Morgan fingerprint density at radius 1 is 1.21 bits per heavy atom. The van der Waals surface area contributed by atoms with Crippen molar-refractivity contribution in [1.82, 2.24) is 15.1 Å². The van der Waals surface area contributed by atoms with E-state index >= 15 is 0 Å². The monoisotopic (exact) mass is 201 g/mol. The molecule has 1 heterocycles. The standard InChI is InChI=1S/C8H15N3O3/c1-2-9-7(12)10-3-5-11(6-4-10)8(13)14/h2-6H2,1H3,(H,9,12)(H,13,14). The fourth-order valence-corrected chi connectivity index (χ4v) is 1.36. The van der Waals surface area contributed by atoms with Crippen LogP contribution in [0.15, 0.2) is 0 Å². The normalized spacial score (nSPS) is 16.6. The largest absolute Gasteiger partial charge is 0.465 e. The minimum atomic E-state index is -0.916. The quantitative estimate of drug-likeness (QED) is 0.627. The second-order valence-corrected chi connectivity index (χ2v) is 3.09. The summed E-state index contributed by atoms with van der Waals surface area (Å²) in [5.74, 6) is 0. The number of hydrogen-bond donors (Lipinski definition) is 2. The summed E-state index contributed by atoms with van der Waals surface area (Å²) in [7, 11) is 0. The van der Waals surface area contributed by atoms with Crippen LogP contribution in [-0.4, -0.2) is 59.8 Å². The third-order valence-corrected chi connectivity index (χ3v) is 2.17. The Hall–Kier alpha value is -1.46. The summed E-state index contributed by atoms with van der Waals surface area (Å²) in [6.07, 6.45) is -0.916. The van der Waals surface area contributed by atoms with Crippen molar-refractivity contribution in [2.45, 2.75) is 6.92 Å². The van der Waals surface area contributed by atoms with Crippen molar-refractivity contribution in [2.75, 3.05) is 32.7 Å². The van der Waals surface area contributed by atoms with Crippen molar-refractivity contribution < 1.29 is 14.7 Å². The lowest BCUT2D eigenvalue weighted by Gasteiger charge is -2.32. The molecule has 1 aliphatic rings. The number of carbonyl (C=O) groups is 2. The highest BCUT2D eigenvalue weighted by Crippen LogP contribution is 2.01. The molecule has 0 bridgehead atoms. The number of nitrogens with zero attached hydrogens (tertiary/aromatic N) is 2. The van der Waals surface area contributed by atoms with Gasteiger partial charge in [0.05, 0.1) is 0 Å². The highest BCUT2D eigenvalue weighted by atomic mass is 16.4. The van der Waals surface area contributed by atoms with E-state index in [0.717, 1.165) is 0 Å². The van der Waals surface area contributed by atoms with Crippen molar-refractivity contribution in [1.29, 1.82) is 0 Å². The average Bonchev–Trinajstić information content (AvgIpc) is 2.18. The van der Waals surface area contributed by atoms with Crippen LogP contribution in [-0.2, 0) is 0 Å². The van der Waals surface area contributed by atoms with Gasteiger partial charge in [-0.05, 0) is 6.92 Å². The second-order valence-electron chi connectivity index (χ2n) is 3.09. The maximum atomic E-state index is 11.3. The highest BCUT2D eigenvalue weighted by molar-refractivity contribution is 5.74. The van der Waals surface area contributed by atoms with Crippen LogP contribution in [0.4, 0.5) is 9.59 Å². The number of carboxylic acid groups (broad SMARTS) is 1. The maximum absolute atomic E-state index is 11.3. The molecule has 6 heteroatoms. The van der Waals surface area contributed by atoms with Gasteiger partial charge in [0.25, 0.3) is 0 Å². The van der Waals surface area contributed by atoms with E-state index in [2.05, 4.69) is 5.32 Å². The van der Waals surface area contributed by atoms with E-state index in [9.17, 15) is 9.59 Å². The van der Waals surface area contributed by atoms with Crippen LogP contribution in [0.1, 0.15) is 6.92 Å². The molecule has 80 valence electrons. The first-order chi connectivity index (χ1) is 6.65. The Bertz CT molecular complexity index is 224. The predicted octanol–water partition coefficient (Wildman–Crippen LogP) is 0.0115. The van der Waals surface area contributed by atoms with Crippen LogP contribution in [0.5, 0.6) is 0 Å². The molecule has 0 atom stereocenters. The Kier molecular flexibility index (Phi) is 3.55. The molecule has 0 aliphatic carbocycles. The van der Waals surface area contributed by atoms with Crippen molar-refractivity contribution >= 4 is 12.1 Å². The van der Waals surface area contributed by atoms with Gasteiger partial charge in [0.15, 0.2) is 0 Å². The lowest BCUT2D eigenvalue weighted by molar-refractivity contribution is 0.112. The van der Waals surface area contributed by atoms with Gasteiger partial charge in [-0.1, -0.05) is 0 Å². The van der Waals surface area contributed by atoms with E-state index in [4.69, 9.17) is 5.11 Å². The molecule has 1 fully saturated rings. The summed E-state index contributed by atoms with van der Waals surface area (Å²) < 4.78 is 0. The average molecular weight is 201 g/mol. The number of hydrogen-bond acceptors (Lipinski definition) is 2. The molecule has 1 aliphatic heterocycles. The minimum absolute atomic E-state index is 0.113. The summed E-state index contributed by atoms with van der Waals surface area (Å²) >= 11 is 0. The van der Waals surface area contributed by atoms with Gasteiger partial charge in [0.2, 0.25) is 0 Å². The molecule has 0 aromatic rings. The van der Waals surface area contributed by atoms with Crippen LogP contribution in [0.3, 0.4) is 0 Å². The van der Waals surface area contributed by atoms with E-state index in [1.807, 2.05) is 6.92 Å². The SMILES string of the molecule is CCNC(=O)N1CCN(C(=O)O)CC1. The highest BCUT2D eigenvalue weighted by Gasteiger charge is 2.22. The van der Waals surface area contributed by atoms with Crippen molar-refractivity contribution in [2.24, 2.45) is 0 Å². The lowest BCUT2D eigenvalue weighted by Crippen LogP contribution is -2.52. The first kappa shape index (κ1) is 10.6. The third-order valence-electron chi connectivity index (χ3n) is 2.17. The number of rotatable bonds is 1. The predicted molar refractivity (Wildman–Crippen MR) is 50.2 cm³/mol. The summed E-state index contributed by atoms with van der Waals surface area (Å²) in [6, 6.07) is -0.113. The number of nitrogens with one attached hydrogen (secondary N) is 1. The first-order valence-electron chi connectivity index (χ1n) is 4.65. The lowest BCUT2D eigenvalue weighted by atomic mass is 10.3. The number of urea groups is 1. The van der Waals surface area contributed by atoms with Crippen LogP contribution in [0.25, 0.3) is 0 Å². The van der Waals surface area contributed by atoms with Crippen LogP contribution >= 0.6 is 0 Å². The molecule has 6 nitrogen and oxygen atoms in total. The van der Waals surface area contributed by atoms with E-state index in [0.29, 0.717) is 32.7 Å². The van der Waals surface area contributed by atoms with Gasteiger partial charge in [0.1, 0.15) is 0 Å². The smallest absolute Gasteiger partial charge is 0.407 e. The molecule has 2 N–H and O–H groups in total. The summed E-state index contributed by atoms with van der Waals surface area (Å²) in [4.78, 5) is 24.8. The van der Waals surface area contributed by atoms with Crippen LogP contribution in [0, 0.1) is 0 Å². The van der Waals surface area contributed by atoms with E-state index in [-0.39, 0.29) is 6.03 Å². The van der Waals surface area contributed by atoms with Crippen molar-refractivity contribution in [3.05, 3.63) is 0 Å². The molecule has 14 heavy (non-hydrogen) atoms. The molecule has 3 amide bonds. The topological polar surface area (TPSA) is 72.9 Å². The van der Waals surface area contributed by atoms with E-state index < -0.39 is 6.09 Å². The molecular formula is C8H15N3O3. The van der Waals surface area contributed by atoms with Crippen molar-refractivity contribution in [3.63, 3.8) is 0 Å². The number of amides is 3. The number of piperazine rings is 1. The van der Waals surface area contributed by atoms with Gasteiger partial charge in [-0.3, -0.25) is 0 Å². The molecule has 0 unspecified atom stereocenters. The third kappa shape index (κ3) is 2.51. The molecule has 1 rings (SSSR count). The minimum Gasteiger partial charge on any atom is -0.465 e. The van der Waals surface area contributed by atoms with Crippen LogP contribution in [0.2, 0.25) is 0 Å². The van der Waals surface area contributed by atoms with Gasteiger partial charge in [-0.15, -0.1) is 0 Å². The van der Waals surface area contributed by atoms with Gasteiger partial charge in [-0.25, -0.2) is 9.59 Å². The molecule has 0 aromatic carbocycles. The van der Waals surface area contributed by atoms with Gasteiger partial charge in [-0.2, -0.15) is 0 Å². The summed E-state index contributed by atoms with van der Waals surface area (Å²) in [6.45, 7) is 4.18. The van der Waals surface area contributed by atoms with Gasteiger partial charge >= 0.3 is 12.1 Å². The molecule has 0 radical (unpaired) electrons. The fourth-order valence-electron chi connectivity index (χ4n) is 1.36. The molecule has 0 aromatic heterocycles. The van der Waals surface area contributed by atoms with E-state index in [1.165, 1.54) is 4.90 Å². The Morgan fingerprint density at radius 2 is 1.71 bits per heavy atom. The van der Waals surface area contributed by atoms with Gasteiger partial charge < -0.3 is 20.2 Å². The van der Waals surface area contributed by atoms with Crippen LogP contribution < -0.4 is 5.32 Å². The molecule has 0 saturated carbocycles. The maximum Gasteiger partial charge on any atom is 0.407 e. The molecule has 0 spiro atoms. The Morgan fingerprint density at radius 3 is 2.14 bits per heavy atom. The zero-order valence-electron chi connectivity index (χ0n) is 8.19. The van der Waals surface area contributed by atoms with Gasteiger partial charge in [0, 0.05) is 32.7 Å². The second kappa shape index (κ2) is 4.69. The Labute approximate surface area is 82.5 Å². The fraction of sp³-hybridized carbons (Fsp3) is 0.750. The summed E-state index contributed by atoms with van der Waals surface area (Å²) in [5, 5.41) is 11.4. The summed E-state index contributed by atoms with van der Waals surface area (Å²) in [5.41, 5.74) is 0. The zero-order chi connectivity index (χ0) is 10.6. The van der Waals surface area contributed by atoms with E-state index in [1.54, 1.807) is 4.90 Å². The zero-order valence-corrected chi connectivity index (χ0v) is 8.19. The van der Waals surface area contributed by atoms with Crippen molar-refractivity contribution in [3.8, 4) is 0 Å². The number of carbonyl (C=O) groups excluding carboxylic acids is 1. The first-order valence-corrected chi connectivity index (χ1v) is 4.65. The molecular weight excluding hydrogens is 186 g/mol. The Balaban J connectivity index is 2.35.